The molecule has 0 amide bonds. The fourth-order valence-electron chi connectivity index (χ4n) is 3.61. The molecule has 0 saturated carbocycles. The molecule has 0 bridgehead atoms. The van der Waals surface area contributed by atoms with Gasteiger partial charge in [0, 0.05) is 17.2 Å². The van der Waals surface area contributed by atoms with Gasteiger partial charge in [-0.15, -0.1) is 0 Å². The molecule has 7 heteroatoms. The second kappa shape index (κ2) is 8.83. The minimum atomic E-state index is -1.66. The molecule has 0 aromatic heterocycles. The van der Waals surface area contributed by atoms with Gasteiger partial charge in [-0.25, -0.2) is 0 Å². The van der Waals surface area contributed by atoms with Gasteiger partial charge in [-0.3, -0.25) is 10.1 Å². The molecule has 4 aromatic rings. The summed E-state index contributed by atoms with van der Waals surface area (Å²) in [4.78, 5) is 11.1. The lowest BCUT2D eigenvalue weighted by Gasteiger charge is -2.19. The molecule has 0 saturated heterocycles. The third kappa shape index (κ3) is 4.18. The van der Waals surface area contributed by atoms with Crippen molar-refractivity contribution in [2.24, 2.45) is 0 Å². The van der Waals surface area contributed by atoms with Gasteiger partial charge >= 0.3 is 7.12 Å². The quantitative estimate of drug-likeness (QED) is 0.250. The number of benzene rings is 4. The molecule has 4 aromatic carbocycles. The molecule has 0 aliphatic heterocycles. The summed E-state index contributed by atoms with van der Waals surface area (Å²) >= 11 is 0. The van der Waals surface area contributed by atoms with E-state index in [0.29, 0.717) is 28.0 Å². The Morgan fingerprint density at radius 2 is 1.32 bits per heavy atom. The number of nitro benzene ring substituents is 1. The van der Waals surface area contributed by atoms with Crippen LogP contribution < -0.4 is 10.8 Å². The van der Waals surface area contributed by atoms with Crippen molar-refractivity contribution in [2.75, 3.05) is 5.32 Å². The fraction of sp³-hybridized carbons (Fsp3) is 0. The van der Waals surface area contributed by atoms with Crippen LogP contribution in [-0.2, 0) is 0 Å². The van der Waals surface area contributed by atoms with Gasteiger partial charge in [0.1, 0.15) is 5.69 Å². The van der Waals surface area contributed by atoms with E-state index in [9.17, 15) is 20.2 Å². The molecule has 152 valence electrons. The Balaban J connectivity index is 1.97. The number of para-hydroxylation sites is 3. The molecule has 31 heavy (non-hydrogen) atoms. The topological polar surface area (TPSA) is 95.6 Å². The van der Waals surface area contributed by atoms with E-state index in [1.54, 1.807) is 36.4 Å². The molecule has 0 atom stereocenters. The van der Waals surface area contributed by atoms with Gasteiger partial charge < -0.3 is 15.4 Å². The first-order valence-corrected chi connectivity index (χ1v) is 9.70. The highest BCUT2D eigenvalue weighted by Gasteiger charge is 2.21. The SMILES string of the molecule is O=[N+]([O-])c1ccccc1Nc1c(-c2ccccc2)cccc1-c1ccccc1B(O)O. The molecule has 0 radical (unpaired) electrons. The Labute approximate surface area is 179 Å². The monoisotopic (exact) mass is 410 g/mol. The smallest absolute Gasteiger partial charge is 0.423 e. The Morgan fingerprint density at radius 1 is 0.710 bits per heavy atom. The Bertz CT molecular complexity index is 1230. The average Bonchev–Trinajstić information content (AvgIpc) is 2.80. The van der Waals surface area contributed by atoms with E-state index in [4.69, 9.17) is 0 Å². The van der Waals surface area contributed by atoms with Crippen LogP contribution in [0, 0.1) is 10.1 Å². The lowest BCUT2D eigenvalue weighted by molar-refractivity contribution is -0.383. The van der Waals surface area contributed by atoms with Crippen molar-refractivity contribution in [3.8, 4) is 22.3 Å². The first-order chi connectivity index (χ1) is 15.1. The molecule has 0 fully saturated rings. The van der Waals surface area contributed by atoms with Crippen LogP contribution in [0.1, 0.15) is 0 Å². The normalized spacial score (nSPS) is 10.5. The average molecular weight is 410 g/mol. The van der Waals surface area contributed by atoms with Crippen LogP contribution >= 0.6 is 0 Å². The maximum Gasteiger partial charge on any atom is 0.489 e. The van der Waals surface area contributed by atoms with Gasteiger partial charge in [-0.05, 0) is 22.7 Å². The van der Waals surface area contributed by atoms with Crippen molar-refractivity contribution in [1.82, 2.24) is 0 Å². The van der Waals surface area contributed by atoms with Crippen molar-refractivity contribution in [1.29, 1.82) is 0 Å². The molecule has 6 nitrogen and oxygen atoms in total. The summed E-state index contributed by atoms with van der Waals surface area (Å²) in [5, 5.41) is 34.6. The van der Waals surface area contributed by atoms with Crippen molar-refractivity contribution in [2.45, 2.75) is 0 Å². The van der Waals surface area contributed by atoms with E-state index < -0.39 is 12.0 Å². The highest BCUT2D eigenvalue weighted by molar-refractivity contribution is 6.60. The molecule has 4 rings (SSSR count). The van der Waals surface area contributed by atoms with Crippen LogP contribution in [0.5, 0.6) is 0 Å². The number of nitrogens with one attached hydrogen (secondary N) is 1. The summed E-state index contributed by atoms with van der Waals surface area (Å²) in [6.07, 6.45) is 0. The zero-order valence-corrected chi connectivity index (χ0v) is 16.5. The van der Waals surface area contributed by atoms with Gasteiger partial charge in [0.2, 0.25) is 0 Å². The third-order valence-electron chi connectivity index (χ3n) is 5.04. The number of hydrogen-bond donors (Lipinski definition) is 3. The minimum absolute atomic E-state index is 0.0493. The zero-order valence-electron chi connectivity index (χ0n) is 16.5. The lowest BCUT2D eigenvalue weighted by Crippen LogP contribution is -2.31. The molecular weight excluding hydrogens is 391 g/mol. The van der Waals surface area contributed by atoms with Crippen molar-refractivity contribution < 1.29 is 15.0 Å². The van der Waals surface area contributed by atoms with Gasteiger partial charge in [0.25, 0.3) is 5.69 Å². The number of nitro groups is 1. The maximum absolute atomic E-state index is 11.6. The molecule has 0 aliphatic rings. The first kappa shape index (κ1) is 20.3. The summed E-state index contributed by atoms with van der Waals surface area (Å²) in [6, 6.07) is 28.7. The fourth-order valence-corrected chi connectivity index (χ4v) is 3.61. The predicted octanol–water partition coefficient (Wildman–Crippen LogP) is 4.35. The standard InChI is InChI=1S/C24H19BN2O4/c28-25(29)21-14-5-4-11-19(21)20-13-8-12-18(17-9-2-1-3-10-17)24(20)26-22-15-6-7-16-23(22)27(30)31/h1-16,26,28-29H. The summed E-state index contributed by atoms with van der Waals surface area (Å²) in [5.74, 6) is 0. The van der Waals surface area contributed by atoms with Crippen LogP contribution in [-0.4, -0.2) is 22.1 Å². The van der Waals surface area contributed by atoms with Gasteiger partial charge in [0.15, 0.2) is 0 Å². The third-order valence-corrected chi connectivity index (χ3v) is 5.04. The summed E-state index contributed by atoms with van der Waals surface area (Å²) in [6.45, 7) is 0. The summed E-state index contributed by atoms with van der Waals surface area (Å²) in [7, 11) is -1.66. The van der Waals surface area contributed by atoms with Crippen LogP contribution in [0.4, 0.5) is 17.1 Å². The number of hydrogen-bond acceptors (Lipinski definition) is 5. The highest BCUT2D eigenvalue weighted by atomic mass is 16.6. The maximum atomic E-state index is 11.6. The number of anilines is 2. The summed E-state index contributed by atoms with van der Waals surface area (Å²) in [5.41, 5.74) is 4.35. The lowest BCUT2D eigenvalue weighted by atomic mass is 9.75. The van der Waals surface area contributed by atoms with Crippen molar-refractivity contribution in [3.63, 3.8) is 0 Å². The van der Waals surface area contributed by atoms with Gasteiger partial charge in [0.05, 0.1) is 10.6 Å². The van der Waals surface area contributed by atoms with Crippen LogP contribution in [0.3, 0.4) is 0 Å². The molecule has 3 N–H and O–H groups in total. The number of nitrogens with zero attached hydrogens (tertiary/aromatic N) is 1. The van der Waals surface area contributed by atoms with E-state index in [1.807, 2.05) is 54.6 Å². The second-order valence-corrected chi connectivity index (χ2v) is 6.95. The minimum Gasteiger partial charge on any atom is -0.423 e. The molecule has 0 unspecified atom stereocenters. The molecule has 0 spiro atoms. The van der Waals surface area contributed by atoms with Gasteiger partial charge in [-0.2, -0.15) is 0 Å². The van der Waals surface area contributed by atoms with Crippen molar-refractivity contribution in [3.05, 3.63) is 107 Å². The summed E-state index contributed by atoms with van der Waals surface area (Å²) < 4.78 is 0. The molecule has 0 aliphatic carbocycles. The highest BCUT2D eigenvalue weighted by Crippen LogP contribution is 2.40. The van der Waals surface area contributed by atoms with Crippen molar-refractivity contribution >= 4 is 29.6 Å². The first-order valence-electron chi connectivity index (χ1n) is 9.70. The Hall–Kier alpha value is -3.94. The van der Waals surface area contributed by atoms with Gasteiger partial charge in [-0.1, -0.05) is 84.9 Å². The van der Waals surface area contributed by atoms with Crippen LogP contribution in [0.2, 0.25) is 0 Å². The van der Waals surface area contributed by atoms with Crippen LogP contribution in [0.15, 0.2) is 97.1 Å². The van der Waals surface area contributed by atoms with E-state index >= 15 is 0 Å². The van der Waals surface area contributed by atoms with Crippen LogP contribution in [0.25, 0.3) is 22.3 Å². The van der Waals surface area contributed by atoms with E-state index in [-0.39, 0.29) is 5.69 Å². The Morgan fingerprint density at radius 3 is 2.06 bits per heavy atom. The van der Waals surface area contributed by atoms with E-state index in [1.165, 1.54) is 6.07 Å². The largest absolute Gasteiger partial charge is 0.489 e. The number of rotatable bonds is 6. The van der Waals surface area contributed by atoms with E-state index in [2.05, 4.69) is 5.32 Å². The molecular formula is C24H19BN2O4. The second-order valence-electron chi connectivity index (χ2n) is 6.95. The molecule has 0 heterocycles. The zero-order chi connectivity index (χ0) is 21.8. The Kier molecular flexibility index (Phi) is 5.79. The van der Waals surface area contributed by atoms with E-state index in [0.717, 1.165) is 11.1 Å². The predicted molar refractivity (Wildman–Crippen MR) is 124 cm³/mol.